The summed E-state index contributed by atoms with van der Waals surface area (Å²) in [6.07, 6.45) is 0.731. The number of benzene rings is 1. The van der Waals surface area contributed by atoms with Crippen LogP contribution in [0.5, 0.6) is 0 Å². The van der Waals surface area contributed by atoms with Gasteiger partial charge in [-0.1, -0.05) is 11.6 Å². The molecule has 1 unspecified atom stereocenters. The first-order chi connectivity index (χ1) is 9.86. The molecule has 22 heavy (non-hydrogen) atoms. The molecule has 0 aliphatic carbocycles. The Labute approximate surface area is 140 Å². The van der Waals surface area contributed by atoms with Gasteiger partial charge in [0.1, 0.15) is 0 Å². The SMILES string of the molecule is CNCC1CCN(S(=O)(=O)c2cc(Cl)ccc2[N+](=O)[O-])C1.Cl. The van der Waals surface area contributed by atoms with Crippen LogP contribution in [0.2, 0.25) is 5.02 Å². The first-order valence-electron chi connectivity index (χ1n) is 6.45. The van der Waals surface area contributed by atoms with E-state index in [1.165, 1.54) is 10.4 Å². The van der Waals surface area contributed by atoms with Gasteiger partial charge >= 0.3 is 0 Å². The fraction of sp³-hybridized carbons (Fsp3) is 0.500. The zero-order valence-electron chi connectivity index (χ0n) is 11.9. The number of hydrogen-bond donors (Lipinski definition) is 1. The van der Waals surface area contributed by atoms with Crippen molar-refractivity contribution in [3.05, 3.63) is 33.3 Å². The van der Waals surface area contributed by atoms with Crippen molar-refractivity contribution in [1.82, 2.24) is 9.62 Å². The smallest absolute Gasteiger partial charge is 0.289 e. The molecular weight excluding hydrogens is 353 g/mol. The summed E-state index contributed by atoms with van der Waals surface area (Å²) in [5, 5.41) is 14.2. The van der Waals surface area contributed by atoms with Crippen LogP contribution in [0.3, 0.4) is 0 Å². The van der Waals surface area contributed by atoms with Crippen LogP contribution in [0.4, 0.5) is 5.69 Å². The largest absolute Gasteiger partial charge is 0.319 e. The molecule has 2 rings (SSSR count). The second kappa shape index (κ2) is 7.56. The molecule has 1 aromatic carbocycles. The number of nitrogens with one attached hydrogen (secondary N) is 1. The number of nitro groups is 1. The van der Waals surface area contributed by atoms with Gasteiger partial charge in [0.25, 0.3) is 5.69 Å². The molecule has 0 aromatic heterocycles. The van der Waals surface area contributed by atoms with Gasteiger partial charge in [0.15, 0.2) is 4.90 Å². The van der Waals surface area contributed by atoms with E-state index in [1.807, 2.05) is 0 Å². The molecule has 1 saturated heterocycles. The van der Waals surface area contributed by atoms with E-state index in [9.17, 15) is 18.5 Å². The Bertz CT molecular complexity index is 654. The van der Waals surface area contributed by atoms with Crippen LogP contribution in [-0.4, -0.2) is 44.3 Å². The number of sulfonamides is 1. The van der Waals surface area contributed by atoms with Crippen molar-refractivity contribution in [2.75, 3.05) is 26.7 Å². The molecule has 1 fully saturated rings. The fourth-order valence-corrected chi connectivity index (χ4v) is 4.41. The molecule has 1 atom stereocenters. The lowest BCUT2D eigenvalue weighted by molar-refractivity contribution is -0.387. The summed E-state index contributed by atoms with van der Waals surface area (Å²) < 4.78 is 26.5. The Kier molecular flexibility index (Phi) is 6.57. The number of nitrogens with zero attached hydrogens (tertiary/aromatic N) is 2. The molecule has 124 valence electrons. The molecule has 1 aliphatic rings. The van der Waals surface area contributed by atoms with Crippen LogP contribution >= 0.6 is 24.0 Å². The molecule has 0 saturated carbocycles. The molecule has 0 amide bonds. The Morgan fingerprint density at radius 1 is 1.50 bits per heavy atom. The van der Waals surface area contributed by atoms with Crippen LogP contribution in [0.15, 0.2) is 23.1 Å². The van der Waals surface area contributed by atoms with Crippen LogP contribution in [-0.2, 0) is 10.0 Å². The minimum atomic E-state index is -3.91. The summed E-state index contributed by atoms with van der Waals surface area (Å²) in [5.74, 6) is 0.211. The van der Waals surface area contributed by atoms with Crippen molar-refractivity contribution in [2.45, 2.75) is 11.3 Å². The van der Waals surface area contributed by atoms with E-state index in [1.54, 1.807) is 7.05 Å². The second-order valence-corrected chi connectivity index (χ2v) is 7.29. The maximum absolute atomic E-state index is 12.6. The summed E-state index contributed by atoms with van der Waals surface area (Å²) in [5.41, 5.74) is -0.448. The average Bonchev–Trinajstić information content (AvgIpc) is 2.88. The highest BCUT2D eigenvalue weighted by molar-refractivity contribution is 7.89. The minimum Gasteiger partial charge on any atom is -0.319 e. The van der Waals surface area contributed by atoms with Gasteiger partial charge < -0.3 is 5.32 Å². The molecule has 1 aromatic rings. The Balaban J connectivity index is 0.00000242. The van der Waals surface area contributed by atoms with Crippen molar-refractivity contribution in [3.8, 4) is 0 Å². The quantitative estimate of drug-likeness (QED) is 0.631. The maximum Gasteiger partial charge on any atom is 0.289 e. The zero-order valence-corrected chi connectivity index (χ0v) is 14.2. The molecule has 10 heteroatoms. The standard InChI is InChI=1S/C12H16ClN3O4S.ClH/c1-14-7-9-4-5-15(8-9)21(19,20)12-6-10(13)2-3-11(12)16(17)18;/h2-3,6,9,14H,4-5,7-8H2,1H3;1H. The molecule has 0 bridgehead atoms. The van der Waals surface area contributed by atoms with Crippen LogP contribution in [0.25, 0.3) is 0 Å². The molecule has 7 nitrogen and oxygen atoms in total. The predicted molar refractivity (Wildman–Crippen MR) is 86.1 cm³/mol. The third-order valence-corrected chi connectivity index (χ3v) is 5.61. The van der Waals surface area contributed by atoms with Crippen LogP contribution < -0.4 is 5.32 Å². The summed E-state index contributed by atoms with van der Waals surface area (Å²) in [6, 6.07) is 3.57. The number of halogens is 2. The van der Waals surface area contributed by atoms with E-state index >= 15 is 0 Å². The summed E-state index contributed by atoms with van der Waals surface area (Å²) in [4.78, 5) is 9.98. The van der Waals surface area contributed by atoms with Gasteiger partial charge in [-0.05, 0) is 38.1 Å². The summed E-state index contributed by atoms with van der Waals surface area (Å²) in [6.45, 7) is 1.43. The van der Waals surface area contributed by atoms with Crippen molar-refractivity contribution < 1.29 is 13.3 Å². The van der Waals surface area contributed by atoms with Crippen LogP contribution in [0.1, 0.15) is 6.42 Å². The van der Waals surface area contributed by atoms with Crippen molar-refractivity contribution in [2.24, 2.45) is 5.92 Å². The first kappa shape index (κ1) is 19.1. The van der Waals surface area contributed by atoms with E-state index < -0.39 is 20.6 Å². The van der Waals surface area contributed by atoms with Gasteiger partial charge in [-0.15, -0.1) is 12.4 Å². The predicted octanol–water partition coefficient (Wildman–Crippen LogP) is 1.90. The third-order valence-electron chi connectivity index (χ3n) is 3.48. The topological polar surface area (TPSA) is 92.6 Å². The Morgan fingerprint density at radius 3 is 2.77 bits per heavy atom. The second-order valence-electron chi connectivity index (χ2n) is 4.94. The summed E-state index contributed by atoms with van der Waals surface area (Å²) in [7, 11) is -2.10. The van der Waals surface area contributed by atoms with E-state index in [0.717, 1.165) is 18.6 Å². The van der Waals surface area contributed by atoms with E-state index in [-0.39, 0.29) is 28.2 Å². The normalized spacial score (nSPS) is 18.9. The summed E-state index contributed by atoms with van der Waals surface area (Å²) >= 11 is 5.80. The number of rotatable bonds is 5. The van der Waals surface area contributed by atoms with Gasteiger partial charge in [-0.3, -0.25) is 10.1 Å². The fourth-order valence-electron chi connectivity index (χ4n) is 2.46. The van der Waals surface area contributed by atoms with Crippen LogP contribution in [0, 0.1) is 16.0 Å². The molecular formula is C12H17Cl2N3O4S. The minimum absolute atomic E-state index is 0. The molecule has 0 spiro atoms. The van der Waals surface area contributed by atoms with E-state index in [2.05, 4.69) is 5.32 Å². The first-order valence-corrected chi connectivity index (χ1v) is 8.26. The van der Waals surface area contributed by atoms with Crippen molar-refractivity contribution in [1.29, 1.82) is 0 Å². The lowest BCUT2D eigenvalue weighted by Gasteiger charge is -2.16. The molecule has 0 radical (unpaired) electrons. The maximum atomic E-state index is 12.6. The van der Waals surface area contributed by atoms with Crippen molar-refractivity contribution >= 4 is 39.7 Å². The van der Waals surface area contributed by atoms with Gasteiger partial charge in [-0.25, -0.2) is 8.42 Å². The van der Waals surface area contributed by atoms with Crippen molar-refractivity contribution in [3.63, 3.8) is 0 Å². The third kappa shape index (κ3) is 3.88. The van der Waals surface area contributed by atoms with Gasteiger partial charge in [0.05, 0.1) is 4.92 Å². The highest BCUT2D eigenvalue weighted by atomic mass is 35.5. The zero-order chi connectivity index (χ0) is 15.6. The Morgan fingerprint density at radius 2 is 2.18 bits per heavy atom. The lowest BCUT2D eigenvalue weighted by atomic mass is 10.1. The number of nitro benzene ring substituents is 1. The average molecular weight is 370 g/mol. The van der Waals surface area contributed by atoms with Gasteiger partial charge in [0, 0.05) is 24.2 Å². The molecule has 1 aliphatic heterocycles. The van der Waals surface area contributed by atoms with Gasteiger partial charge in [-0.2, -0.15) is 4.31 Å². The Hall–Kier alpha value is -0.930. The molecule has 1 N–H and O–H groups in total. The lowest BCUT2D eigenvalue weighted by Crippen LogP contribution is -2.30. The van der Waals surface area contributed by atoms with Gasteiger partial charge in [0.2, 0.25) is 10.0 Å². The van der Waals surface area contributed by atoms with E-state index in [4.69, 9.17) is 11.6 Å². The monoisotopic (exact) mass is 369 g/mol. The molecule has 1 heterocycles. The number of hydrogen-bond acceptors (Lipinski definition) is 5. The highest BCUT2D eigenvalue weighted by Gasteiger charge is 2.36. The highest BCUT2D eigenvalue weighted by Crippen LogP contribution is 2.32. The van der Waals surface area contributed by atoms with E-state index in [0.29, 0.717) is 19.6 Å².